The van der Waals surface area contributed by atoms with Crippen LogP contribution in [0, 0.1) is 24.0 Å². The van der Waals surface area contributed by atoms with Crippen molar-refractivity contribution < 1.29 is 9.72 Å². The first-order valence-electron chi connectivity index (χ1n) is 13.8. The number of aryl methyl sites for hydroxylation is 2. The van der Waals surface area contributed by atoms with E-state index in [4.69, 9.17) is 4.98 Å². The highest BCUT2D eigenvalue weighted by atomic mass is 16.6. The fourth-order valence-electron chi connectivity index (χ4n) is 5.53. The molecule has 1 saturated heterocycles. The van der Waals surface area contributed by atoms with Crippen LogP contribution in [0.15, 0.2) is 91.1 Å². The van der Waals surface area contributed by atoms with Gasteiger partial charge in [-0.25, -0.2) is 4.98 Å². The van der Waals surface area contributed by atoms with Crippen molar-refractivity contribution >= 4 is 17.2 Å². The molecule has 1 aliphatic heterocycles. The molecule has 8 heteroatoms. The van der Waals surface area contributed by atoms with Gasteiger partial charge in [0.05, 0.1) is 16.3 Å². The van der Waals surface area contributed by atoms with Crippen molar-refractivity contribution in [1.29, 1.82) is 0 Å². The molecule has 206 valence electrons. The van der Waals surface area contributed by atoms with Crippen LogP contribution in [0.25, 0.3) is 28.0 Å². The molecule has 5 aromatic rings. The van der Waals surface area contributed by atoms with Gasteiger partial charge < -0.3 is 9.30 Å². The maximum absolute atomic E-state index is 13.1. The Kier molecular flexibility index (Phi) is 7.07. The molecule has 2 aromatic heterocycles. The van der Waals surface area contributed by atoms with E-state index in [2.05, 4.69) is 71.8 Å². The number of nitro benzene ring substituents is 1. The van der Waals surface area contributed by atoms with Crippen molar-refractivity contribution in [1.82, 2.24) is 19.2 Å². The Labute approximate surface area is 238 Å². The smallest absolute Gasteiger partial charge is 0.270 e. The van der Waals surface area contributed by atoms with E-state index in [-0.39, 0.29) is 11.6 Å². The lowest BCUT2D eigenvalue weighted by molar-refractivity contribution is -0.384. The number of nitrogens with zero attached hydrogens (tertiary/aromatic N) is 5. The largest absolute Gasteiger partial charge is 0.336 e. The van der Waals surface area contributed by atoms with Gasteiger partial charge >= 0.3 is 0 Å². The summed E-state index contributed by atoms with van der Waals surface area (Å²) in [6.07, 6.45) is 2.19. The number of imidazole rings is 1. The summed E-state index contributed by atoms with van der Waals surface area (Å²) in [5, 5.41) is 11.2. The predicted molar refractivity (Wildman–Crippen MR) is 160 cm³/mol. The summed E-state index contributed by atoms with van der Waals surface area (Å²) in [5.74, 6) is -0.175. The number of carbonyl (C=O) groups is 1. The van der Waals surface area contributed by atoms with Crippen molar-refractivity contribution in [3.63, 3.8) is 0 Å². The molecule has 1 amide bonds. The van der Waals surface area contributed by atoms with Gasteiger partial charge in [-0.3, -0.25) is 19.8 Å². The number of non-ortho nitro benzene ring substituents is 1. The number of pyridine rings is 1. The minimum absolute atomic E-state index is 0.0734. The fourth-order valence-corrected chi connectivity index (χ4v) is 5.53. The number of amides is 1. The minimum atomic E-state index is -0.472. The maximum atomic E-state index is 13.1. The van der Waals surface area contributed by atoms with E-state index in [1.165, 1.54) is 28.8 Å². The van der Waals surface area contributed by atoms with Crippen LogP contribution in [0.2, 0.25) is 0 Å². The Morgan fingerprint density at radius 3 is 2.41 bits per heavy atom. The molecule has 0 atom stereocenters. The number of hydrogen-bond acceptors (Lipinski definition) is 5. The highest BCUT2D eigenvalue weighted by molar-refractivity contribution is 5.95. The Morgan fingerprint density at radius 1 is 0.878 bits per heavy atom. The van der Waals surface area contributed by atoms with Gasteiger partial charge in [0.2, 0.25) is 0 Å². The van der Waals surface area contributed by atoms with Crippen molar-refractivity contribution in [2.24, 2.45) is 0 Å². The van der Waals surface area contributed by atoms with Crippen molar-refractivity contribution in [3.05, 3.63) is 124 Å². The first-order valence-corrected chi connectivity index (χ1v) is 13.8. The quantitative estimate of drug-likeness (QED) is 0.189. The molecule has 41 heavy (non-hydrogen) atoms. The Balaban J connectivity index is 1.28. The highest BCUT2D eigenvalue weighted by Gasteiger charge is 2.25. The number of carbonyl (C=O) groups excluding carboxylic acids is 1. The third-order valence-electron chi connectivity index (χ3n) is 7.81. The normalized spacial score (nSPS) is 14.0. The average molecular weight is 546 g/mol. The molecule has 0 aliphatic carbocycles. The van der Waals surface area contributed by atoms with Crippen LogP contribution >= 0.6 is 0 Å². The van der Waals surface area contributed by atoms with E-state index in [1.807, 2.05) is 18.2 Å². The number of aromatic nitrogens is 2. The fraction of sp³-hybridized carbons (Fsp3) is 0.212. The van der Waals surface area contributed by atoms with Gasteiger partial charge in [-0.15, -0.1) is 0 Å². The third kappa shape index (κ3) is 5.34. The molecule has 6 rings (SSSR count). The van der Waals surface area contributed by atoms with Crippen LogP contribution < -0.4 is 0 Å². The molecule has 0 saturated carbocycles. The second-order valence-electron chi connectivity index (χ2n) is 10.6. The maximum Gasteiger partial charge on any atom is 0.270 e. The number of piperazine rings is 1. The molecule has 1 aliphatic rings. The molecule has 3 aromatic carbocycles. The van der Waals surface area contributed by atoms with Crippen LogP contribution in [0.3, 0.4) is 0 Å². The molecule has 0 radical (unpaired) electrons. The van der Waals surface area contributed by atoms with Crippen molar-refractivity contribution in [2.45, 2.75) is 20.4 Å². The zero-order chi connectivity index (χ0) is 28.5. The number of fused-ring (bicyclic) bond motifs is 1. The summed E-state index contributed by atoms with van der Waals surface area (Å²) in [7, 11) is 0. The summed E-state index contributed by atoms with van der Waals surface area (Å²) in [6.45, 7) is 7.41. The monoisotopic (exact) mass is 545 g/mol. The SMILES string of the molecule is Cc1ccc(C)c(-c2ccc3nc(-c4ccccc4)c(CN4CCN(C(=O)c5cccc([N+](=O)[O-])c5)CC4)n3c2)c1. The standard InChI is InChI=1S/C33H31N5O3/c1-23-11-12-24(2)29(19-23)27-13-14-31-34-32(25-7-4-3-5-8-25)30(37(31)21-27)22-35-15-17-36(18-16-35)33(39)26-9-6-10-28(20-26)38(40)41/h3-14,19-21H,15-18,22H2,1-2H3. The first kappa shape index (κ1) is 26.4. The van der Waals surface area contributed by atoms with Crippen molar-refractivity contribution in [2.75, 3.05) is 26.2 Å². The van der Waals surface area contributed by atoms with Gasteiger partial charge in [0.15, 0.2) is 0 Å². The van der Waals surface area contributed by atoms with E-state index in [0.29, 0.717) is 38.3 Å². The van der Waals surface area contributed by atoms with E-state index < -0.39 is 4.92 Å². The number of rotatable bonds is 6. The van der Waals surface area contributed by atoms with Crippen LogP contribution in [-0.2, 0) is 6.54 Å². The summed E-state index contributed by atoms with van der Waals surface area (Å²) < 4.78 is 2.21. The zero-order valence-electron chi connectivity index (χ0n) is 23.2. The van der Waals surface area contributed by atoms with Gasteiger partial charge in [-0.1, -0.05) is 60.2 Å². The van der Waals surface area contributed by atoms with E-state index >= 15 is 0 Å². The lowest BCUT2D eigenvalue weighted by Crippen LogP contribution is -2.48. The van der Waals surface area contributed by atoms with Gasteiger partial charge in [-0.05, 0) is 48.7 Å². The molecular formula is C33H31N5O3. The Morgan fingerprint density at radius 2 is 1.66 bits per heavy atom. The molecule has 0 spiro atoms. The van der Waals surface area contributed by atoms with Crippen LogP contribution in [0.1, 0.15) is 27.2 Å². The van der Waals surface area contributed by atoms with Gasteiger partial charge in [0.25, 0.3) is 11.6 Å². The average Bonchev–Trinajstić information content (AvgIpc) is 3.36. The predicted octanol–water partition coefficient (Wildman–Crippen LogP) is 6.15. The van der Waals surface area contributed by atoms with Gasteiger partial charge in [0, 0.05) is 62.2 Å². The van der Waals surface area contributed by atoms with Gasteiger partial charge in [-0.2, -0.15) is 0 Å². The first-order chi connectivity index (χ1) is 19.9. The molecule has 3 heterocycles. The third-order valence-corrected chi connectivity index (χ3v) is 7.81. The molecule has 0 bridgehead atoms. The summed E-state index contributed by atoms with van der Waals surface area (Å²) in [5.41, 5.74) is 9.10. The molecule has 0 N–H and O–H groups in total. The minimum Gasteiger partial charge on any atom is -0.336 e. The number of hydrogen-bond donors (Lipinski definition) is 0. The Hall–Kier alpha value is -4.82. The second kappa shape index (κ2) is 11.0. The Bertz CT molecular complexity index is 1750. The summed E-state index contributed by atoms with van der Waals surface area (Å²) >= 11 is 0. The van der Waals surface area contributed by atoms with Gasteiger partial charge in [0.1, 0.15) is 5.65 Å². The molecular weight excluding hydrogens is 514 g/mol. The van der Waals surface area contributed by atoms with Crippen LogP contribution in [-0.4, -0.2) is 56.2 Å². The van der Waals surface area contributed by atoms with Crippen LogP contribution in [0.4, 0.5) is 5.69 Å². The van der Waals surface area contributed by atoms with Crippen LogP contribution in [0.5, 0.6) is 0 Å². The number of nitro groups is 1. The summed E-state index contributed by atoms with van der Waals surface area (Å²) in [6, 6.07) is 27.0. The molecule has 0 unspecified atom stereocenters. The number of benzene rings is 3. The second-order valence-corrected chi connectivity index (χ2v) is 10.6. The lowest BCUT2D eigenvalue weighted by atomic mass is 10.00. The summed E-state index contributed by atoms with van der Waals surface area (Å²) in [4.78, 5) is 33.0. The topological polar surface area (TPSA) is 84.0 Å². The van der Waals surface area contributed by atoms with E-state index in [1.54, 1.807) is 17.0 Å². The van der Waals surface area contributed by atoms with E-state index in [9.17, 15) is 14.9 Å². The van der Waals surface area contributed by atoms with E-state index in [0.717, 1.165) is 28.2 Å². The lowest BCUT2D eigenvalue weighted by Gasteiger charge is -2.34. The van der Waals surface area contributed by atoms with Crippen molar-refractivity contribution in [3.8, 4) is 22.4 Å². The molecule has 1 fully saturated rings. The molecule has 8 nitrogen and oxygen atoms in total. The zero-order valence-corrected chi connectivity index (χ0v) is 23.2. The highest BCUT2D eigenvalue weighted by Crippen LogP contribution is 2.30.